The molecule has 2 aromatic carbocycles. The lowest BCUT2D eigenvalue weighted by Crippen LogP contribution is -2.53. The monoisotopic (exact) mass is 396 g/mol. The molecule has 0 heterocycles. The first kappa shape index (κ1) is 20.9. The van der Waals surface area contributed by atoms with Gasteiger partial charge >= 0.3 is 18.3 Å². The zero-order valence-corrected chi connectivity index (χ0v) is 13.3. The average molecular weight is 396 g/mol. The second-order valence-electron chi connectivity index (χ2n) is 5.66. The van der Waals surface area contributed by atoms with E-state index in [1.54, 1.807) is 6.07 Å². The Labute approximate surface area is 148 Å². The summed E-state index contributed by atoms with van der Waals surface area (Å²) in [5, 5.41) is 10.3. The van der Waals surface area contributed by atoms with E-state index in [1.165, 1.54) is 24.3 Å². The van der Waals surface area contributed by atoms with E-state index < -0.39 is 35.0 Å². The van der Waals surface area contributed by atoms with Crippen molar-refractivity contribution in [1.29, 1.82) is 0 Å². The average Bonchev–Trinajstić information content (AvgIpc) is 2.59. The number of hydrogen-bond donors (Lipinski definition) is 1. The molecule has 0 aromatic heterocycles. The van der Waals surface area contributed by atoms with E-state index in [0.717, 1.165) is 6.08 Å². The number of aliphatic hydroxyl groups is 1. The molecular weight excluding hydrogens is 384 g/mol. The lowest BCUT2D eigenvalue weighted by Gasteiger charge is -2.35. The number of rotatable bonds is 4. The Bertz CT molecular complexity index is 791. The largest absolute Gasteiger partial charge is 0.457 e. The summed E-state index contributed by atoms with van der Waals surface area (Å²) in [4.78, 5) is 0. The third-order valence-electron chi connectivity index (χ3n) is 3.80. The Morgan fingerprint density at radius 3 is 1.59 bits per heavy atom. The van der Waals surface area contributed by atoms with Gasteiger partial charge in [0.2, 0.25) is 0 Å². The predicted octanol–water partition coefficient (Wildman–Crippen LogP) is 5.80. The Kier molecular flexibility index (Phi) is 5.38. The van der Waals surface area contributed by atoms with Gasteiger partial charge in [-0.05, 0) is 29.3 Å². The highest BCUT2D eigenvalue weighted by Gasteiger charge is 2.69. The molecule has 9 heteroatoms. The molecule has 0 amide bonds. The van der Waals surface area contributed by atoms with E-state index in [1.807, 2.05) is 0 Å². The Morgan fingerprint density at radius 2 is 1.15 bits per heavy atom. The maximum Gasteiger partial charge on any atom is 0.457 e. The third-order valence-corrected chi connectivity index (χ3v) is 3.80. The molecule has 0 aliphatic carbocycles. The molecule has 27 heavy (non-hydrogen) atoms. The summed E-state index contributed by atoms with van der Waals surface area (Å²) in [7, 11) is 0. The second kappa shape index (κ2) is 6.95. The Morgan fingerprint density at radius 1 is 0.667 bits per heavy atom. The summed E-state index contributed by atoms with van der Waals surface area (Å²) in [5.41, 5.74) is -5.99. The fourth-order valence-electron chi connectivity index (χ4n) is 2.29. The predicted molar refractivity (Wildman–Crippen MR) is 81.8 cm³/mol. The van der Waals surface area contributed by atoms with Crippen molar-refractivity contribution in [2.75, 3.05) is 0 Å². The maximum absolute atomic E-state index is 14.1. The van der Waals surface area contributed by atoms with Gasteiger partial charge in [0.15, 0.2) is 5.60 Å². The molecule has 1 unspecified atom stereocenters. The number of halogens is 8. The van der Waals surface area contributed by atoms with Gasteiger partial charge in [0, 0.05) is 0 Å². The molecular formula is C18H12F8O. The second-order valence-corrected chi connectivity index (χ2v) is 5.66. The van der Waals surface area contributed by atoms with Crippen LogP contribution in [0.25, 0.3) is 6.08 Å². The number of benzene rings is 2. The fraction of sp³-hybridized carbons (Fsp3) is 0.222. The highest BCUT2D eigenvalue weighted by atomic mass is 19.4. The molecule has 1 atom stereocenters. The zero-order chi connectivity index (χ0) is 20.5. The van der Waals surface area contributed by atoms with Crippen LogP contribution < -0.4 is 0 Å². The topological polar surface area (TPSA) is 20.2 Å². The Hall–Kier alpha value is -2.42. The van der Waals surface area contributed by atoms with Gasteiger partial charge in [-0.25, -0.2) is 0 Å². The molecule has 0 aliphatic heterocycles. The van der Waals surface area contributed by atoms with Gasteiger partial charge in [0.1, 0.15) is 0 Å². The van der Waals surface area contributed by atoms with E-state index in [-0.39, 0.29) is 11.6 Å². The lowest BCUT2D eigenvalue weighted by molar-refractivity contribution is -0.334. The van der Waals surface area contributed by atoms with Gasteiger partial charge in [-0.3, -0.25) is 0 Å². The molecule has 2 rings (SSSR count). The van der Waals surface area contributed by atoms with Gasteiger partial charge < -0.3 is 5.11 Å². The van der Waals surface area contributed by atoms with Gasteiger partial charge in [-0.15, -0.1) is 0 Å². The quantitative estimate of drug-likeness (QED) is 0.648. The van der Waals surface area contributed by atoms with E-state index >= 15 is 0 Å². The first-order valence-electron chi connectivity index (χ1n) is 7.38. The van der Waals surface area contributed by atoms with Crippen molar-refractivity contribution in [3.63, 3.8) is 0 Å². The van der Waals surface area contributed by atoms with E-state index in [9.17, 15) is 40.2 Å². The number of alkyl halides is 8. The molecule has 1 N–H and O–H groups in total. The summed E-state index contributed by atoms with van der Waals surface area (Å²) >= 11 is 0. The highest BCUT2D eigenvalue weighted by molar-refractivity contribution is 5.52. The van der Waals surface area contributed by atoms with Crippen LogP contribution in [0.5, 0.6) is 0 Å². The van der Waals surface area contributed by atoms with Crippen LogP contribution in [0.2, 0.25) is 0 Å². The van der Waals surface area contributed by atoms with Gasteiger partial charge in [-0.1, -0.05) is 48.5 Å². The van der Waals surface area contributed by atoms with Crippen LogP contribution in [0, 0.1) is 0 Å². The van der Waals surface area contributed by atoms with Crippen LogP contribution in [0.1, 0.15) is 16.7 Å². The maximum atomic E-state index is 14.1. The molecule has 0 saturated carbocycles. The fourth-order valence-corrected chi connectivity index (χ4v) is 2.29. The summed E-state index contributed by atoms with van der Waals surface area (Å²) in [6.45, 7) is 0. The summed E-state index contributed by atoms with van der Waals surface area (Å²) in [5.74, 6) is -5.66. The van der Waals surface area contributed by atoms with E-state index in [2.05, 4.69) is 0 Å². The minimum absolute atomic E-state index is 0.209. The normalized spacial score (nSPS) is 15.7. The van der Waals surface area contributed by atoms with Crippen molar-refractivity contribution in [3.05, 3.63) is 77.4 Å². The van der Waals surface area contributed by atoms with Gasteiger partial charge in [0.25, 0.3) is 0 Å². The van der Waals surface area contributed by atoms with Crippen LogP contribution in [-0.2, 0) is 11.8 Å². The summed E-state index contributed by atoms with van der Waals surface area (Å²) < 4.78 is 105. The van der Waals surface area contributed by atoms with Gasteiger partial charge in [-0.2, -0.15) is 35.1 Å². The summed E-state index contributed by atoms with van der Waals surface area (Å²) in [6.07, 6.45) is -9.91. The standard InChI is InChI=1S/C18H12F8O/c19-16(20,21)14-8-6-13(7-9-14)15(27,17(22,23)18(24,25)26)11-10-12-4-2-1-3-5-12/h1-11,27H/b11-10+. The first-order chi connectivity index (χ1) is 12.3. The molecule has 0 radical (unpaired) electrons. The van der Waals surface area contributed by atoms with Crippen molar-refractivity contribution < 1.29 is 40.2 Å². The molecule has 0 fully saturated rings. The summed E-state index contributed by atoms with van der Waals surface area (Å²) in [6, 6.07) is 8.73. The molecule has 1 nitrogen and oxygen atoms in total. The SMILES string of the molecule is OC(/C=C/c1ccccc1)(c1ccc(C(F)(F)F)cc1)C(F)(F)C(F)(F)F. The van der Waals surface area contributed by atoms with Crippen LogP contribution in [-0.4, -0.2) is 17.2 Å². The lowest BCUT2D eigenvalue weighted by atomic mass is 9.85. The van der Waals surface area contributed by atoms with Crippen molar-refractivity contribution in [3.8, 4) is 0 Å². The zero-order valence-electron chi connectivity index (χ0n) is 13.3. The van der Waals surface area contributed by atoms with Crippen molar-refractivity contribution in [2.24, 2.45) is 0 Å². The molecule has 146 valence electrons. The van der Waals surface area contributed by atoms with E-state index in [0.29, 0.717) is 24.3 Å². The third kappa shape index (κ3) is 4.13. The first-order valence-corrected chi connectivity index (χ1v) is 7.38. The molecule has 0 saturated heterocycles. The Balaban J connectivity index is 2.58. The van der Waals surface area contributed by atoms with Crippen LogP contribution in [0.4, 0.5) is 35.1 Å². The molecule has 0 aliphatic rings. The molecule has 2 aromatic rings. The van der Waals surface area contributed by atoms with E-state index in [4.69, 9.17) is 0 Å². The minimum Gasteiger partial charge on any atom is -0.375 e. The molecule has 0 spiro atoms. The number of hydrogen-bond acceptors (Lipinski definition) is 1. The van der Waals surface area contributed by atoms with Gasteiger partial charge in [0.05, 0.1) is 5.56 Å². The van der Waals surface area contributed by atoms with Crippen molar-refractivity contribution in [1.82, 2.24) is 0 Å². The molecule has 0 bridgehead atoms. The van der Waals surface area contributed by atoms with Crippen molar-refractivity contribution in [2.45, 2.75) is 23.9 Å². The van der Waals surface area contributed by atoms with Crippen LogP contribution in [0.3, 0.4) is 0 Å². The van der Waals surface area contributed by atoms with Crippen LogP contribution in [0.15, 0.2) is 60.7 Å². The minimum atomic E-state index is -6.15. The van der Waals surface area contributed by atoms with Crippen molar-refractivity contribution >= 4 is 6.08 Å². The smallest absolute Gasteiger partial charge is 0.375 e. The van der Waals surface area contributed by atoms with Crippen LogP contribution >= 0.6 is 0 Å². The highest BCUT2D eigenvalue weighted by Crippen LogP contribution is 2.49.